The van der Waals surface area contributed by atoms with Crippen LogP contribution in [-0.4, -0.2) is 22.5 Å². The predicted octanol–water partition coefficient (Wildman–Crippen LogP) is 3.81. The maximum Gasteiger partial charge on any atom is 0.347 e. The van der Waals surface area contributed by atoms with Crippen molar-refractivity contribution in [3.8, 4) is 5.75 Å². The number of hydrogen-bond donors (Lipinski definition) is 1. The molecule has 0 spiro atoms. The van der Waals surface area contributed by atoms with E-state index in [0.29, 0.717) is 5.02 Å². The highest BCUT2D eigenvalue weighted by Crippen LogP contribution is 2.21. The first kappa shape index (κ1) is 11.3. The van der Waals surface area contributed by atoms with Gasteiger partial charge in [0.25, 0.3) is 0 Å². The maximum absolute atomic E-state index is 12.6. The maximum atomic E-state index is 12.6. The lowest BCUT2D eigenvalue weighted by Crippen LogP contribution is -2.37. The van der Waals surface area contributed by atoms with Crippen LogP contribution in [0.25, 0.3) is 0 Å². The van der Waals surface area contributed by atoms with Crippen LogP contribution in [0.5, 0.6) is 5.75 Å². The van der Waals surface area contributed by atoms with Crippen molar-refractivity contribution in [2.45, 2.75) is 19.4 Å². The number of carboxylic acids is 1. The largest absolute Gasteiger partial charge is 0.478 e. The van der Waals surface area contributed by atoms with Crippen LogP contribution in [-0.2, 0) is 4.79 Å². The van der Waals surface area contributed by atoms with Crippen LogP contribution < -0.4 is 4.74 Å². The number of carbonyl (C=O) groups excluding carboxylic acids is 1. The van der Waals surface area contributed by atoms with Gasteiger partial charge in [-0.3, -0.25) is 4.79 Å². The van der Waals surface area contributed by atoms with Crippen LogP contribution in [0.4, 0.5) is 0 Å². The molecule has 0 aliphatic heterocycles. The molecule has 2 rings (SSSR count). The summed E-state index contributed by atoms with van der Waals surface area (Å²) in [6, 6.07) is 3.29. The first-order chi connectivity index (χ1) is 12.0. The zero-order chi connectivity index (χ0) is 19.8. The summed E-state index contributed by atoms with van der Waals surface area (Å²) in [6.07, 6.45) is 0. The molecule has 1 N–H and O–H groups in total. The second kappa shape index (κ2) is 6.20. The molecule has 5 heteroatoms. The minimum Gasteiger partial charge on any atom is -0.478 e. The SMILES string of the molecule is [2H]c1c([2H])c(C(=O)c2ccc(Cl)cc2)c([2H])c([2H])c1OC(C)(C)C(=O)O. The van der Waals surface area contributed by atoms with E-state index in [4.69, 9.17) is 26.9 Å². The summed E-state index contributed by atoms with van der Waals surface area (Å²) in [5.74, 6) is -2.57. The minimum atomic E-state index is -1.77. The Kier molecular flexibility index (Phi) is 3.17. The molecular weight excluding hydrogens is 304 g/mol. The minimum absolute atomic E-state index is 0.148. The first-order valence-electron chi connectivity index (χ1n) is 8.30. The van der Waals surface area contributed by atoms with Crippen LogP contribution in [0, 0.1) is 0 Å². The predicted molar refractivity (Wildman–Crippen MR) is 83.7 cm³/mol. The standard InChI is InChI=1S/C17H15ClO4/c1-17(2,16(20)21)22-14-9-5-12(6-10-14)15(19)11-3-7-13(18)8-4-11/h3-10H,1-2H3,(H,20,21)/i5D,6D,9D,10D. The van der Waals surface area contributed by atoms with Crippen LogP contribution in [0.3, 0.4) is 0 Å². The van der Waals surface area contributed by atoms with Crippen molar-refractivity contribution in [2.75, 3.05) is 0 Å². The van der Waals surface area contributed by atoms with Crippen LogP contribution >= 0.6 is 11.6 Å². The molecule has 0 atom stereocenters. The lowest BCUT2D eigenvalue weighted by atomic mass is 10.0. The van der Waals surface area contributed by atoms with Gasteiger partial charge in [-0.1, -0.05) is 11.6 Å². The average Bonchev–Trinajstić information content (AvgIpc) is 2.57. The lowest BCUT2D eigenvalue weighted by molar-refractivity contribution is -0.152. The molecule has 0 aromatic heterocycles. The smallest absolute Gasteiger partial charge is 0.347 e. The van der Waals surface area contributed by atoms with Crippen molar-refractivity contribution in [2.24, 2.45) is 0 Å². The van der Waals surface area contributed by atoms with Crippen LogP contribution in [0.15, 0.2) is 48.4 Å². The van der Waals surface area contributed by atoms with E-state index in [9.17, 15) is 9.59 Å². The zero-order valence-electron chi connectivity index (χ0n) is 15.9. The molecule has 0 radical (unpaired) electrons. The normalized spacial score (nSPS) is 13.6. The molecule has 0 bridgehead atoms. The fraction of sp³-hybridized carbons (Fsp3) is 0.176. The molecule has 0 heterocycles. The van der Waals surface area contributed by atoms with Gasteiger partial charge in [0.15, 0.2) is 11.4 Å². The number of carbonyl (C=O) groups is 2. The summed E-state index contributed by atoms with van der Waals surface area (Å²) in [7, 11) is 0. The number of carboxylic acid groups (broad SMARTS) is 1. The molecule has 22 heavy (non-hydrogen) atoms. The van der Waals surface area contributed by atoms with Gasteiger partial charge in [-0.2, -0.15) is 0 Å². The summed E-state index contributed by atoms with van der Waals surface area (Å²) in [5, 5.41) is 9.53. The number of halogens is 1. The summed E-state index contributed by atoms with van der Waals surface area (Å²) in [4.78, 5) is 23.8. The van der Waals surface area contributed by atoms with Crippen molar-refractivity contribution in [3.05, 3.63) is 64.6 Å². The molecule has 2 aromatic rings. The number of ketones is 1. The third kappa shape index (κ3) is 3.65. The Bertz CT molecular complexity index is 866. The Morgan fingerprint density at radius 3 is 2.14 bits per heavy atom. The molecule has 0 fully saturated rings. The van der Waals surface area contributed by atoms with E-state index in [1.54, 1.807) is 0 Å². The third-order valence-electron chi connectivity index (χ3n) is 2.81. The molecular formula is C17H15ClO4. The molecule has 4 nitrogen and oxygen atoms in total. The van der Waals surface area contributed by atoms with E-state index in [1.807, 2.05) is 0 Å². The Hall–Kier alpha value is -2.33. The Labute approximate surface area is 138 Å². The highest BCUT2D eigenvalue weighted by Gasteiger charge is 2.29. The van der Waals surface area contributed by atoms with Gasteiger partial charge in [0.05, 0.1) is 5.48 Å². The fourth-order valence-corrected chi connectivity index (χ4v) is 1.64. The topological polar surface area (TPSA) is 63.6 Å². The molecule has 0 aliphatic carbocycles. The average molecular weight is 323 g/mol. The highest BCUT2D eigenvalue weighted by molar-refractivity contribution is 6.30. The van der Waals surface area contributed by atoms with Gasteiger partial charge in [-0.25, -0.2) is 4.79 Å². The first-order valence-corrected chi connectivity index (χ1v) is 6.68. The summed E-state index contributed by atoms with van der Waals surface area (Å²) in [6.45, 7) is 2.43. The lowest BCUT2D eigenvalue weighted by Gasteiger charge is -2.21. The van der Waals surface area contributed by atoms with Crippen molar-refractivity contribution in [1.29, 1.82) is 0 Å². The van der Waals surface area contributed by atoms with Gasteiger partial charge in [0, 0.05) is 16.1 Å². The molecule has 0 aliphatic rings. The van der Waals surface area contributed by atoms with Crippen molar-refractivity contribution < 1.29 is 24.9 Å². The third-order valence-corrected chi connectivity index (χ3v) is 3.06. The van der Waals surface area contributed by atoms with E-state index in [2.05, 4.69) is 0 Å². The Morgan fingerprint density at radius 2 is 1.64 bits per heavy atom. The van der Waals surface area contributed by atoms with Crippen molar-refractivity contribution in [1.82, 2.24) is 0 Å². The van der Waals surface area contributed by atoms with Gasteiger partial charge in [0.2, 0.25) is 0 Å². The van der Waals surface area contributed by atoms with Gasteiger partial charge in [-0.05, 0) is 62.3 Å². The van der Waals surface area contributed by atoms with Gasteiger partial charge >= 0.3 is 5.97 Å². The number of rotatable bonds is 5. The molecule has 0 amide bonds. The zero-order valence-corrected chi connectivity index (χ0v) is 12.6. The van der Waals surface area contributed by atoms with Gasteiger partial charge in [-0.15, -0.1) is 0 Å². The molecule has 0 saturated heterocycles. The van der Waals surface area contributed by atoms with E-state index in [0.717, 1.165) is 0 Å². The van der Waals surface area contributed by atoms with Crippen molar-refractivity contribution in [3.63, 3.8) is 0 Å². The molecule has 0 saturated carbocycles. The van der Waals surface area contributed by atoms with Crippen LogP contribution in [0.2, 0.25) is 5.02 Å². The fourth-order valence-electron chi connectivity index (χ4n) is 1.51. The van der Waals surface area contributed by atoms with E-state index >= 15 is 0 Å². The summed E-state index contributed by atoms with van der Waals surface area (Å²) in [5.41, 5.74) is -2.05. The van der Waals surface area contributed by atoms with E-state index in [-0.39, 0.29) is 5.56 Å². The molecule has 114 valence electrons. The number of hydrogen-bond acceptors (Lipinski definition) is 3. The van der Waals surface area contributed by atoms with Crippen molar-refractivity contribution >= 4 is 23.4 Å². The summed E-state index contributed by atoms with van der Waals surface area (Å²) < 4.78 is 37.3. The quantitative estimate of drug-likeness (QED) is 0.850. The second-order valence-corrected chi connectivity index (χ2v) is 5.39. The number of aliphatic carboxylic acids is 1. The van der Waals surface area contributed by atoms with Gasteiger partial charge < -0.3 is 9.84 Å². The van der Waals surface area contributed by atoms with Gasteiger partial charge in [0.1, 0.15) is 5.75 Å². The van der Waals surface area contributed by atoms with E-state index < -0.39 is 52.8 Å². The second-order valence-electron chi connectivity index (χ2n) is 4.96. The Balaban J connectivity index is 2.59. The van der Waals surface area contributed by atoms with E-state index in [1.165, 1.54) is 38.1 Å². The monoisotopic (exact) mass is 322 g/mol. The highest BCUT2D eigenvalue weighted by atomic mass is 35.5. The Morgan fingerprint density at radius 1 is 1.09 bits per heavy atom. The van der Waals surface area contributed by atoms with Crippen LogP contribution in [0.1, 0.15) is 35.3 Å². The number of benzene rings is 2. The molecule has 0 unspecified atom stereocenters. The number of ether oxygens (including phenoxy) is 1. The summed E-state index contributed by atoms with van der Waals surface area (Å²) >= 11 is 5.77. The molecule has 2 aromatic carbocycles.